The topological polar surface area (TPSA) is 107 Å². The first-order chi connectivity index (χ1) is 16.9. The van der Waals surface area contributed by atoms with E-state index in [9.17, 15) is 9.59 Å². The monoisotopic (exact) mass is 507 g/mol. The number of carbonyl (C=O) groups excluding carboxylic acids is 2. The van der Waals surface area contributed by atoms with Crippen LogP contribution in [0.1, 0.15) is 16.9 Å². The van der Waals surface area contributed by atoms with E-state index in [0.717, 1.165) is 16.7 Å². The average molecular weight is 508 g/mol. The van der Waals surface area contributed by atoms with E-state index in [0.29, 0.717) is 44.5 Å². The average Bonchev–Trinajstić information content (AvgIpc) is 3.56. The van der Waals surface area contributed by atoms with Gasteiger partial charge in [-0.05, 0) is 66.6 Å². The normalized spacial score (nSPS) is 15.8. The predicted octanol–water partition coefficient (Wildman–Crippen LogP) is 4.28. The van der Waals surface area contributed by atoms with Gasteiger partial charge in [-0.15, -0.1) is 0 Å². The second-order valence-corrected chi connectivity index (χ2v) is 9.61. The van der Waals surface area contributed by atoms with Crippen molar-refractivity contribution in [2.75, 3.05) is 18.7 Å². The Morgan fingerprint density at radius 3 is 2.66 bits per heavy atom. The van der Waals surface area contributed by atoms with Gasteiger partial charge >= 0.3 is 0 Å². The number of rotatable bonds is 6. The Bertz CT molecular complexity index is 1360. The van der Waals surface area contributed by atoms with Crippen molar-refractivity contribution in [1.82, 2.24) is 4.90 Å². The quantitative estimate of drug-likeness (QED) is 0.376. The molecule has 2 aromatic carbocycles. The molecular formula is C25H21N3O5S2. The third kappa shape index (κ3) is 4.81. The number of benzene rings is 2. The van der Waals surface area contributed by atoms with E-state index in [1.54, 1.807) is 29.2 Å². The Balaban J connectivity index is 1.30. The van der Waals surface area contributed by atoms with Crippen LogP contribution in [0.25, 0.3) is 17.4 Å². The molecule has 35 heavy (non-hydrogen) atoms. The van der Waals surface area contributed by atoms with Crippen molar-refractivity contribution in [2.45, 2.75) is 13.5 Å². The summed E-state index contributed by atoms with van der Waals surface area (Å²) >= 11 is 6.73. The van der Waals surface area contributed by atoms with Gasteiger partial charge in [0.2, 0.25) is 12.7 Å². The van der Waals surface area contributed by atoms with Crippen LogP contribution in [-0.4, -0.2) is 34.4 Å². The highest BCUT2D eigenvalue weighted by molar-refractivity contribution is 8.26. The number of fused-ring (bicyclic) bond motifs is 1. The smallest absolute Gasteiger partial charge is 0.266 e. The molecule has 8 nitrogen and oxygen atoms in total. The number of nitrogens with zero attached hydrogens (tertiary/aromatic N) is 1. The Morgan fingerprint density at radius 1 is 1.17 bits per heavy atom. The Morgan fingerprint density at radius 2 is 1.91 bits per heavy atom. The minimum Gasteiger partial charge on any atom is -0.457 e. The lowest BCUT2D eigenvalue weighted by Crippen LogP contribution is -2.27. The molecule has 0 atom stereocenters. The summed E-state index contributed by atoms with van der Waals surface area (Å²) in [5.74, 6) is 2.13. The number of thiocarbonyl (C=S) groups is 1. The number of nitrogens with two attached hydrogens (primary N) is 1. The highest BCUT2D eigenvalue weighted by Crippen LogP contribution is 2.38. The number of hydrogen-bond acceptors (Lipinski definition) is 8. The molecule has 1 aromatic heterocycles. The second kappa shape index (κ2) is 9.57. The van der Waals surface area contributed by atoms with Crippen LogP contribution in [-0.2, 0) is 16.1 Å². The van der Waals surface area contributed by atoms with Crippen molar-refractivity contribution >= 4 is 51.9 Å². The number of furan rings is 1. The fraction of sp³-hybridized carbons (Fsp3) is 0.160. The van der Waals surface area contributed by atoms with Crippen molar-refractivity contribution in [1.29, 1.82) is 0 Å². The second-order valence-electron chi connectivity index (χ2n) is 7.93. The molecule has 5 rings (SSSR count). The third-order valence-electron chi connectivity index (χ3n) is 5.57. The van der Waals surface area contributed by atoms with E-state index in [2.05, 4.69) is 5.32 Å². The van der Waals surface area contributed by atoms with Gasteiger partial charge in [-0.25, -0.2) is 0 Å². The summed E-state index contributed by atoms with van der Waals surface area (Å²) in [5, 5.41) is 2.70. The minimum atomic E-state index is -0.260. The van der Waals surface area contributed by atoms with Gasteiger partial charge in [0.15, 0.2) is 11.5 Å². The zero-order valence-corrected chi connectivity index (χ0v) is 20.3. The molecular weight excluding hydrogens is 486 g/mol. The SMILES string of the molecule is Cc1cc2c(cc1CN1C(=O)C(=Cc3ccc(-c4ccc(NC(=O)CN)cc4)o3)SC1=S)OCO2. The summed E-state index contributed by atoms with van der Waals surface area (Å²) < 4.78 is 17.3. The predicted molar refractivity (Wildman–Crippen MR) is 138 cm³/mol. The molecule has 0 radical (unpaired) electrons. The molecule has 0 spiro atoms. The molecule has 2 amide bonds. The summed E-state index contributed by atoms with van der Waals surface area (Å²) in [5.41, 5.74) is 8.75. The van der Waals surface area contributed by atoms with E-state index in [-0.39, 0.29) is 25.2 Å². The van der Waals surface area contributed by atoms with Crippen LogP contribution in [0.2, 0.25) is 0 Å². The summed E-state index contributed by atoms with van der Waals surface area (Å²) in [6, 6.07) is 14.6. The van der Waals surface area contributed by atoms with Crippen molar-refractivity contribution in [3.8, 4) is 22.8 Å². The number of anilines is 1. The van der Waals surface area contributed by atoms with Gasteiger partial charge in [-0.3, -0.25) is 14.5 Å². The number of nitrogens with one attached hydrogen (secondary N) is 1. The lowest BCUT2D eigenvalue weighted by Gasteiger charge is -2.16. The Labute approximate surface area is 211 Å². The molecule has 1 saturated heterocycles. The van der Waals surface area contributed by atoms with Crippen LogP contribution < -0.4 is 20.5 Å². The van der Waals surface area contributed by atoms with Crippen LogP contribution in [0, 0.1) is 6.92 Å². The minimum absolute atomic E-state index is 0.0775. The maximum Gasteiger partial charge on any atom is 0.266 e. The van der Waals surface area contributed by atoms with Crippen LogP contribution in [0.15, 0.2) is 57.9 Å². The van der Waals surface area contributed by atoms with Gasteiger partial charge in [0, 0.05) is 17.3 Å². The number of ether oxygens (including phenoxy) is 2. The lowest BCUT2D eigenvalue weighted by atomic mass is 10.1. The number of amides is 2. The van der Waals surface area contributed by atoms with Gasteiger partial charge in [0.1, 0.15) is 15.8 Å². The van der Waals surface area contributed by atoms with Gasteiger partial charge in [-0.2, -0.15) is 0 Å². The summed E-state index contributed by atoms with van der Waals surface area (Å²) in [7, 11) is 0. The van der Waals surface area contributed by atoms with Gasteiger partial charge < -0.3 is 24.9 Å². The first-order valence-corrected chi connectivity index (χ1v) is 12.0. The molecule has 0 unspecified atom stereocenters. The number of aryl methyl sites for hydroxylation is 1. The van der Waals surface area contributed by atoms with E-state index in [1.807, 2.05) is 37.3 Å². The highest BCUT2D eigenvalue weighted by Gasteiger charge is 2.33. The molecule has 178 valence electrons. The van der Waals surface area contributed by atoms with Crippen LogP contribution in [0.4, 0.5) is 5.69 Å². The number of thioether (sulfide) groups is 1. The molecule has 0 aliphatic carbocycles. The largest absolute Gasteiger partial charge is 0.457 e. The summed E-state index contributed by atoms with van der Waals surface area (Å²) in [4.78, 5) is 26.6. The highest BCUT2D eigenvalue weighted by atomic mass is 32.2. The fourth-order valence-corrected chi connectivity index (χ4v) is 4.94. The standard InChI is InChI=1S/C25H21N3O5S2/c1-14-8-20-21(32-13-31-20)9-16(14)12-28-24(30)22(35-25(28)34)10-18-6-7-19(33-18)15-2-4-17(5-3-15)27-23(29)11-26/h2-10H,11-13,26H2,1H3,(H,27,29). The third-order valence-corrected chi connectivity index (χ3v) is 6.95. The number of hydrogen-bond donors (Lipinski definition) is 2. The Hall–Kier alpha value is -3.60. The van der Waals surface area contributed by atoms with Crippen LogP contribution in [0.3, 0.4) is 0 Å². The molecule has 3 heterocycles. The molecule has 1 fully saturated rings. The van der Waals surface area contributed by atoms with Gasteiger partial charge in [-0.1, -0.05) is 24.0 Å². The van der Waals surface area contributed by atoms with Crippen LogP contribution in [0.5, 0.6) is 11.5 Å². The molecule has 3 N–H and O–H groups in total. The van der Waals surface area contributed by atoms with Crippen LogP contribution >= 0.6 is 24.0 Å². The molecule has 10 heteroatoms. The molecule has 3 aromatic rings. The summed E-state index contributed by atoms with van der Waals surface area (Å²) in [6.45, 7) is 2.43. The molecule has 0 bridgehead atoms. The van der Waals surface area contributed by atoms with Crippen molar-refractivity contribution in [3.63, 3.8) is 0 Å². The maximum absolute atomic E-state index is 13.1. The Kier molecular flexibility index (Phi) is 6.33. The zero-order chi connectivity index (χ0) is 24.5. The van der Waals surface area contributed by atoms with Gasteiger partial charge in [0.05, 0.1) is 18.0 Å². The van der Waals surface area contributed by atoms with Gasteiger partial charge in [0.25, 0.3) is 5.91 Å². The van der Waals surface area contributed by atoms with E-state index in [4.69, 9.17) is 31.8 Å². The molecule has 2 aliphatic rings. The molecule has 2 aliphatic heterocycles. The first kappa shape index (κ1) is 23.2. The maximum atomic E-state index is 13.1. The summed E-state index contributed by atoms with van der Waals surface area (Å²) in [6.07, 6.45) is 1.70. The zero-order valence-electron chi connectivity index (χ0n) is 18.7. The van der Waals surface area contributed by atoms with E-state index < -0.39 is 0 Å². The van der Waals surface area contributed by atoms with E-state index in [1.165, 1.54) is 11.8 Å². The first-order valence-electron chi connectivity index (χ1n) is 10.8. The molecule has 0 saturated carbocycles. The van der Waals surface area contributed by atoms with Crippen molar-refractivity contribution < 1.29 is 23.5 Å². The van der Waals surface area contributed by atoms with Crippen molar-refractivity contribution in [3.05, 3.63) is 70.3 Å². The van der Waals surface area contributed by atoms with E-state index >= 15 is 0 Å². The number of carbonyl (C=O) groups is 2. The fourth-order valence-electron chi connectivity index (χ4n) is 3.71. The lowest BCUT2D eigenvalue weighted by molar-refractivity contribution is -0.122. The van der Waals surface area contributed by atoms with Crippen molar-refractivity contribution in [2.24, 2.45) is 5.73 Å².